The maximum Gasteiger partial charge on any atom is 0.254 e. The van der Waals surface area contributed by atoms with Crippen LogP contribution in [0.2, 0.25) is 0 Å². The van der Waals surface area contributed by atoms with Crippen molar-refractivity contribution >= 4 is 11.7 Å². The number of carbonyl (C=O) groups excluding carboxylic acids is 2. The normalized spacial score (nSPS) is 15.7. The van der Waals surface area contributed by atoms with E-state index in [1.807, 2.05) is 0 Å². The Kier molecular flexibility index (Phi) is 3.78. The molecule has 0 unspecified atom stereocenters. The fourth-order valence-corrected chi connectivity index (χ4v) is 2.20. The largest absolute Gasteiger partial charge is 0.340 e. The van der Waals surface area contributed by atoms with Gasteiger partial charge >= 0.3 is 0 Å². The van der Waals surface area contributed by atoms with Crippen LogP contribution in [0.3, 0.4) is 0 Å². The van der Waals surface area contributed by atoms with E-state index in [4.69, 9.17) is 0 Å². The third-order valence-electron chi connectivity index (χ3n) is 3.29. The molecule has 0 bridgehead atoms. The zero-order valence-electron chi connectivity index (χ0n) is 11.2. The average Bonchev–Trinajstić information content (AvgIpc) is 2.34. The number of carbonyl (C=O) groups is 2. The van der Waals surface area contributed by atoms with Gasteiger partial charge in [-0.3, -0.25) is 19.0 Å². The summed E-state index contributed by atoms with van der Waals surface area (Å²) in [5, 5.41) is 0. The number of Topliss-reactive ketones (excluding diaryl/α,β-unsaturated/α-hetero) is 1. The topological polar surface area (TPSA) is 72.3 Å². The van der Waals surface area contributed by atoms with Crippen LogP contribution in [0.4, 0.5) is 0 Å². The summed E-state index contributed by atoms with van der Waals surface area (Å²) in [7, 11) is 0. The molecule has 1 amide bonds. The Hall–Kier alpha value is -1.98. The number of ketones is 1. The van der Waals surface area contributed by atoms with Crippen molar-refractivity contribution in [3.05, 3.63) is 27.9 Å². The number of nitrogens with zero attached hydrogens (tertiary/aromatic N) is 3. The summed E-state index contributed by atoms with van der Waals surface area (Å²) in [4.78, 5) is 40.9. The molecule has 0 N–H and O–H groups in total. The van der Waals surface area contributed by atoms with Gasteiger partial charge in [0.2, 0.25) is 5.91 Å². The standard InChI is InChI=1S/C13H17N3O3/c1-9-7-12(18)16(10(2)14-9)8-13(19)15-5-3-11(17)4-6-15/h7H,3-6,8H2,1-2H3. The fourth-order valence-electron chi connectivity index (χ4n) is 2.20. The van der Waals surface area contributed by atoms with Crippen molar-refractivity contribution in [2.24, 2.45) is 0 Å². The lowest BCUT2D eigenvalue weighted by Crippen LogP contribution is -2.42. The summed E-state index contributed by atoms with van der Waals surface area (Å²) >= 11 is 0. The second-order valence-electron chi connectivity index (χ2n) is 4.79. The van der Waals surface area contributed by atoms with Crippen LogP contribution in [0.25, 0.3) is 0 Å². The minimum atomic E-state index is -0.216. The summed E-state index contributed by atoms with van der Waals surface area (Å²) in [6.07, 6.45) is 0.817. The quantitative estimate of drug-likeness (QED) is 0.756. The van der Waals surface area contributed by atoms with E-state index in [2.05, 4.69) is 4.98 Å². The molecule has 6 nitrogen and oxygen atoms in total. The lowest BCUT2D eigenvalue weighted by atomic mass is 10.1. The molecule has 102 valence electrons. The van der Waals surface area contributed by atoms with Gasteiger partial charge < -0.3 is 4.90 Å². The van der Waals surface area contributed by atoms with E-state index in [0.717, 1.165) is 0 Å². The Labute approximate surface area is 111 Å². The Balaban J connectivity index is 2.11. The Morgan fingerprint density at radius 3 is 2.47 bits per heavy atom. The molecule has 0 radical (unpaired) electrons. The predicted molar refractivity (Wildman–Crippen MR) is 68.8 cm³/mol. The SMILES string of the molecule is Cc1cc(=O)n(CC(=O)N2CCC(=O)CC2)c(C)n1. The first-order chi connectivity index (χ1) is 8.97. The van der Waals surface area contributed by atoms with Crippen molar-refractivity contribution < 1.29 is 9.59 Å². The van der Waals surface area contributed by atoms with Crippen LogP contribution in [0.1, 0.15) is 24.4 Å². The van der Waals surface area contributed by atoms with Gasteiger partial charge in [-0.1, -0.05) is 0 Å². The van der Waals surface area contributed by atoms with E-state index in [9.17, 15) is 14.4 Å². The van der Waals surface area contributed by atoms with E-state index in [1.54, 1.807) is 18.7 Å². The van der Waals surface area contributed by atoms with E-state index < -0.39 is 0 Å². The first-order valence-corrected chi connectivity index (χ1v) is 6.32. The number of likely N-dealkylation sites (tertiary alicyclic amines) is 1. The van der Waals surface area contributed by atoms with Crippen LogP contribution in [0.5, 0.6) is 0 Å². The number of amides is 1. The third kappa shape index (κ3) is 3.07. The third-order valence-corrected chi connectivity index (χ3v) is 3.29. The van der Waals surface area contributed by atoms with Gasteiger partial charge in [-0.2, -0.15) is 0 Å². The number of hydrogen-bond donors (Lipinski definition) is 0. The van der Waals surface area contributed by atoms with Crippen molar-refractivity contribution in [2.75, 3.05) is 13.1 Å². The molecule has 19 heavy (non-hydrogen) atoms. The van der Waals surface area contributed by atoms with E-state index in [1.165, 1.54) is 10.6 Å². The van der Waals surface area contributed by atoms with Crippen LogP contribution in [-0.2, 0) is 16.1 Å². The molecule has 0 aliphatic carbocycles. The molecule has 0 aromatic carbocycles. The van der Waals surface area contributed by atoms with Crippen molar-refractivity contribution in [3.8, 4) is 0 Å². The summed E-state index contributed by atoms with van der Waals surface area (Å²) < 4.78 is 1.37. The predicted octanol–water partition coefficient (Wildman–Crippen LogP) is 0.0516. The molecule has 0 spiro atoms. The second kappa shape index (κ2) is 5.34. The molecule has 1 fully saturated rings. The molecule has 1 saturated heterocycles. The molecular formula is C13H17N3O3. The summed E-state index contributed by atoms with van der Waals surface area (Å²) in [5.41, 5.74) is 0.432. The van der Waals surface area contributed by atoms with Gasteiger partial charge in [0.1, 0.15) is 18.2 Å². The molecule has 0 saturated carbocycles. The second-order valence-corrected chi connectivity index (χ2v) is 4.79. The maximum atomic E-state index is 12.1. The highest BCUT2D eigenvalue weighted by Gasteiger charge is 2.21. The van der Waals surface area contributed by atoms with Crippen molar-refractivity contribution in [1.82, 2.24) is 14.5 Å². The summed E-state index contributed by atoms with van der Waals surface area (Å²) in [6.45, 7) is 4.35. The smallest absolute Gasteiger partial charge is 0.254 e. The molecule has 0 atom stereocenters. The zero-order valence-corrected chi connectivity index (χ0v) is 11.2. The average molecular weight is 263 g/mol. The maximum absolute atomic E-state index is 12.1. The lowest BCUT2D eigenvalue weighted by molar-refractivity contribution is -0.135. The van der Waals surface area contributed by atoms with Crippen LogP contribution >= 0.6 is 0 Å². The van der Waals surface area contributed by atoms with Gasteiger partial charge in [0, 0.05) is 37.7 Å². The van der Waals surface area contributed by atoms with Crippen LogP contribution in [0.15, 0.2) is 10.9 Å². The highest BCUT2D eigenvalue weighted by molar-refractivity contribution is 5.83. The molecule has 1 aromatic rings. The monoisotopic (exact) mass is 263 g/mol. The number of piperidine rings is 1. The minimum absolute atomic E-state index is 0.00780. The van der Waals surface area contributed by atoms with Gasteiger partial charge in [0.25, 0.3) is 5.56 Å². The summed E-state index contributed by atoms with van der Waals surface area (Å²) in [6, 6.07) is 1.42. The van der Waals surface area contributed by atoms with Gasteiger partial charge in [0.15, 0.2) is 0 Å². The van der Waals surface area contributed by atoms with Crippen molar-refractivity contribution in [1.29, 1.82) is 0 Å². The Morgan fingerprint density at radius 1 is 1.26 bits per heavy atom. The first kappa shape index (κ1) is 13.5. The molecule has 2 heterocycles. The van der Waals surface area contributed by atoms with Crippen molar-refractivity contribution in [3.63, 3.8) is 0 Å². The zero-order chi connectivity index (χ0) is 14.0. The number of aryl methyl sites for hydroxylation is 2. The van der Waals surface area contributed by atoms with Gasteiger partial charge in [-0.15, -0.1) is 0 Å². The molecule has 6 heteroatoms. The highest BCUT2D eigenvalue weighted by atomic mass is 16.2. The number of hydrogen-bond acceptors (Lipinski definition) is 4. The highest BCUT2D eigenvalue weighted by Crippen LogP contribution is 2.06. The van der Waals surface area contributed by atoms with Crippen LogP contribution < -0.4 is 5.56 Å². The lowest BCUT2D eigenvalue weighted by Gasteiger charge is -2.26. The van der Waals surface area contributed by atoms with E-state index in [0.29, 0.717) is 37.4 Å². The van der Waals surface area contributed by atoms with Gasteiger partial charge in [-0.05, 0) is 13.8 Å². The Bertz CT molecular complexity index is 567. The van der Waals surface area contributed by atoms with Gasteiger partial charge in [-0.25, -0.2) is 4.98 Å². The molecule has 1 aliphatic heterocycles. The van der Waals surface area contributed by atoms with Gasteiger partial charge in [0.05, 0.1) is 0 Å². The van der Waals surface area contributed by atoms with Crippen LogP contribution in [-0.4, -0.2) is 39.2 Å². The van der Waals surface area contributed by atoms with E-state index in [-0.39, 0.29) is 23.8 Å². The Morgan fingerprint density at radius 2 is 1.89 bits per heavy atom. The molecular weight excluding hydrogens is 246 g/mol. The van der Waals surface area contributed by atoms with Crippen molar-refractivity contribution in [2.45, 2.75) is 33.2 Å². The number of rotatable bonds is 2. The van der Waals surface area contributed by atoms with E-state index >= 15 is 0 Å². The summed E-state index contributed by atoms with van der Waals surface area (Å²) in [5.74, 6) is 0.587. The fraction of sp³-hybridized carbons (Fsp3) is 0.538. The number of aromatic nitrogens is 2. The molecule has 2 rings (SSSR count). The minimum Gasteiger partial charge on any atom is -0.340 e. The molecule has 1 aliphatic rings. The molecule has 1 aromatic heterocycles. The first-order valence-electron chi connectivity index (χ1n) is 6.32. The van der Waals surface area contributed by atoms with Crippen LogP contribution in [0, 0.1) is 13.8 Å².